The summed E-state index contributed by atoms with van der Waals surface area (Å²) in [5.74, 6) is 3.00. The second kappa shape index (κ2) is 9.00. The predicted octanol–water partition coefficient (Wildman–Crippen LogP) is 3.21. The molecule has 29 heavy (non-hydrogen) atoms. The third-order valence-corrected chi connectivity index (χ3v) is 8.57. The third kappa shape index (κ3) is 5.02. The Balaban J connectivity index is 0.000000450. The van der Waals surface area contributed by atoms with Crippen LogP contribution < -0.4 is 0 Å². The summed E-state index contributed by atoms with van der Waals surface area (Å²) in [5.41, 5.74) is 2.11. The van der Waals surface area contributed by atoms with Crippen molar-refractivity contribution in [3.05, 3.63) is 11.6 Å². The SMILES string of the molecule is CC(=O)C1CCC2C3CC=C4CC(O)CCC4(C)C3CCC12C.O=S(=O)(O)O.[NaH]. The van der Waals surface area contributed by atoms with Crippen molar-refractivity contribution in [2.24, 2.45) is 34.5 Å². The summed E-state index contributed by atoms with van der Waals surface area (Å²) in [6.07, 6.45) is 11.5. The molecule has 4 aliphatic rings. The van der Waals surface area contributed by atoms with Gasteiger partial charge < -0.3 is 5.11 Å². The summed E-state index contributed by atoms with van der Waals surface area (Å²) in [4.78, 5) is 12.2. The van der Waals surface area contributed by atoms with Crippen LogP contribution >= 0.6 is 0 Å². The topological polar surface area (TPSA) is 112 Å². The van der Waals surface area contributed by atoms with Crippen molar-refractivity contribution < 1.29 is 27.4 Å². The van der Waals surface area contributed by atoms with Crippen LogP contribution in [0.1, 0.15) is 72.1 Å². The van der Waals surface area contributed by atoms with E-state index >= 15 is 0 Å². The molecular weight excluding hydrogens is 403 g/mol. The van der Waals surface area contributed by atoms with E-state index in [1.165, 1.54) is 25.7 Å². The molecule has 0 aromatic heterocycles. The Hall–Kier alpha value is 0.240. The zero-order valence-corrected chi connectivity index (χ0v) is 17.9. The van der Waals surface area contributed by atoms with E-state index in [4.69, 9.17) is 17.5 Å². The standard InChI is InChI=1S/C21H32O2.Na.H2O4S.H/c1-13(22)17-6-7-18-16-5-4-14-12-15(23)8-10-20(14,2)19(16)9-11-21(17,18)3;;1-5(2,3)4;/h4,15-19,23H,5-12H2,1-3H3;;(H2,1,2,3,4);. The van der Waals surface area contributed by atoms with Crippen molar-refractivity contribution in [1.29, 1.82) is 0 Å². The Kier molecular flexibility index (Phi) is 7.92. The predicted molar refractivity (Wildman–Crippen MR) is 113 cm³/mol. The van der Waals surface area contributed by atoms with Crippen molar-refractivity contribution in [3.63, 3.8) is 0 Å². The van der Waals surface area contributed by atoms with Gasteiger partial charge in [-0.05, 0) is 86.9 Å². The minimum atomic E-state index is -4.67. The van der Waals surface area contributed by atoms with Gasteiger partial charge in [0.1, 0.15) is 5.78 Å². The van der Waals surface area contributed by atoms with Crippen LogP contribution in [0.3, 0.4) is 0 Å². The summed E-state index contributed by atoms with van der Waals surface area (Å²) in [6.45, 7) is 6.70. The number of fused-ring (bicyclic) bond motifs is 5. The average molecular weight is 439 g/mol. The number of carbonyl (C=O) groups is 1. The van der Waals surface area contributed by atoms with Crippen LogP contribution in [0.15, 0.2) is 11.6 Å². The van der Waals surface area contributed by atoms with Crippen molar-refractivity contribution in [3.8, 4) is 0 Å². The number of carbonyl (C=O) groups excluding carboxylic acids is 1. The molecule has 7 atom stereocenters. The Labute approximate surface area is 196 Å². The Morgan fingerprint density at radius 3 is 2.28 bits per heavy atom. The number of hydrogen-bond acceptors (Lipinski definition) is 4. The molecule has 0 aromatic carbocycles. The first kappa shape index (κ1) is 25.5. The van der Waals surface area contributed by atoms with E-state index in [1.54, 1.807) is 5.57 Å². The van der Waals surface area contributed by atoms with Crippen LogP contribution in [0.25, 0.3) is 0 Å². The molecule has 0 radical (unpaired) electrons. The molecule has 7 unspecified atom stereocenters. The van der Waals surface area contributed by atoms with Gasteiger partial charge >= 0.3 is 40.0 Å². The summed E-state index contributed by atoms with van der Waals surface area (Å²) >= 11 is 0. The van der Waals surface area contributed by atoms with Crippen molar-refractivity contribution in [2.75, 3.05) is 0 Å². The molecule has 0 spiro atoms. The van der Waals surface area contributed by atoms with Gasteiger partial charge in [-0.1, -0.05) is 25.5 Å². The quantitative estimate of drug-likeness (QED) is 0.329. The molecule has 0 bridgehead atoms. The van der Waals surface area contributed by atoms with Gasteiger partial charge in [-0.3, -0.25) is 13.9 Å². The molecular formula is C21H35NaO6S. The fourth-order valence-electron chi connectivity index (χ4n) is 7.31. The molecule has 6 nitrogen and oxygen atoms in total. The van der Waals surface area contributed by atoms with Crippen LogP contribution in [0.5, 0.6) is 0 Å². The van der Waals surface area contributed by atoms with Gasteiger partial charge in [0.25, 0.3) is 0 Å². The maximum atomic E-state index is 12.2. The van der Waals surface area contributed by atoms with Crippen LogP contribution in [0.4, 0.5) is 0 Å². The molecule has 0 aliphatic heterocycles. The van der Waals surface area contributed by atoms with Crippen LogP contribution in [0.2, 0.25) is 0 Å². The molecule has 0 heterocycles. The Morgan fingerprint density at radius 2 is 1.69 bits per heavy atom. The first-order chi connectivity index (χ1) is 12.9. The van der Waals surface area contributed by atoms with Crippen molar-refractivity contribution in [1.82, 2.24) is 0 Å². The maximum absolute atomic E-state index is 12.2. The zero-order chi connectivity index (χ0) is 20.9. The van der Waals surface area contributed by atoms with Crippen LogP contribution in [-0.2, 0) is 15.2 Å². The van der Waals surface area contributed by atoms with Gasteiger partial charge in [-0.25, -0.2) is 0 Å². The van der Waals surface area contributed by atoms with E-state index in [1.807, 2.05) is 6.92 Å². The second-order valence-corrected chi connectivity index (χ2v) is 10.8. The molecule has 4 aliphatic carbocycles. The van der Waals surface area contributed by atoms with E-state index < -0.39 is 10.4 Å². The van der Waals surface area contributed by atoms with Gasteiger partial charge in [0.05, 0.1) is 6.10 Å². The summed E-state index contributed by atoms with van der Waals surface area (Å²) < 4.78 is 31.6. The molecule has 3 fully saturated rings. The Bertz CT molecular complexity index is 757. The molecule has 0 amide bonds. The first-order valence-electron chi connectivity index (χ1n) is 10.4. The normalized spacial score (nSPS) is 43.4. The monoisotopic (exact) mass is 438 g/mol. The van der Waals surface area contributed by atoms with Gasteiger partial charge in [-0.15, -0.1) is 0 Å². The second-order valence-electron chi connectivity index (χ2n) is 9.89. The van der Waals surface area contributed by atoms with E-state index in [2.05, 4.69) is 19.9 Å². The molecule has 3 N–H and O–H groups in total. The fraction of sp³-hybridized carbons (Fsp3) is 0.857. The van der Waals surface area contributed by atoms with Gasteiger partial charge in [0.2, 0.25) is 0 Å². The molecule has 3 saturated carbocycles. The first-order valence-corrected chi connectivity index (χ1v) is 11.8. The van der Waals surface area contributed by atoms with Gasteiger partial charge in [-0.2, -0.15) is 8.42 Å². The van der Waals surface area contributed by atoms with Crippen molar-refractivity contribution >= 4 is 45.7 Å². The molecule has 162 valence electrons. The van der Waals surface area contributed by atoms with Gasteiger partial charge in [0.15, 0.2) is 0 Å². The number of aliphatic hydroxyl groups is 1. The molecule has 0 aromatic rings. The summed E-state index contributed by atoms with van der Waals surface area (Å²) in [5, 5.41) is 10.1. The zero-order valence-electron chi connectivity index (χ0n) is 17.1. The molecule has 0 saturated heterocycles. The third-order valence-electron chi connectivity index (χ3n) is 8.57. The van der Waals surface area contributed by atoms with Crippen LogP contribution in [-0.4, -0.2) is 64.1 Å². The summed E-state index contributed by atoms with van der Waals surface area (Å²) in [7, 11) is -4.67. The van der Waals surface area contributed by atoms with E-state index in [0.29, 0.717) is 17.1 Å². The number of aliphatic hydroxyl groups excluding tert-OH is 1. The molecule has 4 rings (SSSR count). The number of Topliss-reactive ketones (excluding diaryl/α,β-unsaturated/α-hetero) is 1. The number of rotatable bonds is 1. The average Bonchev–Trinajstić information content (AvgIpc) is 2.91. The number of allylic oxidation sites excluding steroid dienone is 1. The molecule has 8 heteroatoms. The fourth-order valence-corrected chi connectivity index (χ4v) is 7.31. The summed E-state index contributed by atoms with van der Waals surface area (Å²) in [6, 6.07) is 0. The van der Waals surface area contributed by atoms with E-state index in [0.717, 1.165) is 43.4 Å². The number of ketones is 1. The van der Waals surface area contributed by atoms with E-state index in [9.17, 15) is 9.90 Å². The number of hydrogen-bond donors (Lipinski definition) is 3. The minimum absolute atomic E-state index is 0. The van der Waals surface area contributed by atoms with E-state index in [-0.39, 0.29) is 41.1 Å². The van der Waals surface area contributed by atoms with Crippen LogP contribution in [0, 0.1) is 34.5 Å². The Morgan fingerprint density at radius 1 is 1.07 bits per heavy atom. The van der Waals surface area contributed by atoms with Gasteiger partial charge in [0, 0.05) is 5.92 Å². The van der Waals surface area contributed by atoms with Crippen molar-refractivity contribution in [2.45, 2.75) is 78.2 Å².